The summed E-state index contributed by atoms with van der Waals surface area (Å²) >= 11 is 0. The van der Waals surface area contributed by atoms with Gasteiger partial charge in [0.15, 0.2) is 5.65 Å². The SMILES string of the molecule is COc1cccc(-c2cc(C(F)F)c3c(C4CC4)nn(-c4ccc(F)cc4)c3n2)c1. The summed E-state index contributed by atoms with van der Waals surface area (Å²) in [4.78, 5) is 4.71. The van der Waals surface area contributed by atoms with E-state index in [0.29, 0.717) is 39.4 Å². The minimum atomic E-state index is -2.68. The summed E-state index contributed by atoms with van der Waals surface area (Å²) in [6, 6.07) is 14.3. The largest absolute Gasteiger partial charge is 0.497 e. The molecule has 152 valence electrons. The minimum absolute atomic E-state index is 0.0897. The molecule has 0 unspecified atom stereocenters. The van der Waals surface area contributed by atoms with E-state index in [2.05, 4.69) is 5.10 Å². The first-order chi connectivity index (χ1) is 14.5. The highest BCUT2D eigenvalue weighted by atomic mass is 19.3. The van der Waals surface area contributed by atoms with Gasteiger partial charge in [0.2, 0.25) is 0 Å². The molecule has 5 rings (SSSR count). The highest BCUT2D eigenvalue weighted by Crippen LogP contribution is 2.45. The number of pyridine rings is 1. The average molecular weight is 409 g/mol. The topological polar surface area (TPSA) is 39.9 Å². The first-order valence-corrected chi connectivity index (χ1v) is 9.67. The molecule has 2 aromatic heterocycles. The lowest BCUT2D eigenvalue weighted by atomic mass is 10.0. The van der Waals surface area contributed by atoms with Crippen molar-refractivity contribution in [1.29, 1.82) is 0 Å². The molecule has 4 aromatic rings. The van der Waals surface area contributed by atoms with Crippen LogP contribution in [0.4, 0.5) is 13.2 Å². The number of benzene rings is 2. The Kier molecular flexibility index (Phi) is 4.46. The number of hydrogen-bond donors (Lipinski definition) is 0. The maximum absolute atomic E-state index is 14.1. The molecule has 4 nitrogen and oxygen atoms in total. The quantitative estimate of drug-likeness (QED) is 0.403. The van der Waals surface area contributed by atoms with Crippen LogP contribution in [0.5, 0.6) is 5.75 Å². The van der Waals surface area contributed by atoms with Crippen molar-refractivity contribution in [2.75, 3.05) is 7.11 Å². The van der Waals surface area contributed by atoms with Gasteiger partial charge >= 0.3 is 0 Å². The minimum Gasteiger partial charge on any atom is -0.497 e. The zero-order valence-electron chi connectivity index (χ0n) is 16.1. The number of ether oxygens (including phenoxy) is 1. The van der Waals surface area contributed by atoms with Crippen LogP contribution in [0.15, 0.2) is 54.6 Å². The molecule has 1 aliphatic carbocycles. The average Bonchev–Trinajstić information content (AvgIpc) is 3.54. The molecular weight excluding hydrogens is 391 g/mol. The molecule has 0 spiro atoms. The number of aromatic nitrogens is 3. The van der Waals surface area contributed by atoms with Crippen molar-refractivity contribution in [3.8, 4) is 22.7 Å². The second kappa shape index (κ2) is 7.16. The molecular formula is C23H18F3N3O. The summed E-state index contributed by atoms with van der Waals surface area (Å²) in [5, 5.41) is 5.03. The van der Waals surface area contributed by atoms with Crippen molar-refractivity contribution in [2.24, 2.45) is 0 Å². The number of nitrogens with zero attached hydrogens (tertiary/aromatic N) is 3. The highest BCUT2D eigenvalue weighted by molar-refractivity contribution is 5.87. The van der Waals surface area contributed by atoms with E-state index in [0.717, 1.165) is 12.8 Å². The number of halogens is 3. The molecule has 0 amide bonds. The second-order valence-electron chi connectivity index (χ2n) is 7.38. The van der Waals surface area contributed by atoms with Gasteiger partial charge in [-0.1, -0.05) is 12.1 Å². The van der Waals surface area contributed by atoms with Gasteiger partial charge in [-0.3, -0.25) is 0 Å². The summed E-state index contributed by atoms with van der Waals surface area (Å²) in [6.45, 7) is 0. The van der Waals surface area contributed by atoms with Gasteiger partial charge in [0.05, 0.1) is 29.6 Å². The predicted molar refractivity (Wildman–Crippen MR) is 108 cm³/mol. The smallest absolute Gasteiger partial charge is 0.264 e. The van der Waals surface area contributed by atoms with Crippen molar-refractivity contribution in [3.05, 3.63) is 71.7 Å². The number of rotatable bonds is 5. The molecule has 0 saturated heterocycles. The lowest BCUT2D eigenvalue weighted by Gasteiger charge is -2.10. The second-order valence-corrected chi connectivity index (χ2v) is 7.38. The zero-order valence-corrected chi connectivity index (χ0v) is 16.1. The Bertz CT molecular complexity index is 1230. The van der Waals surface area contributed by atoms with E-state index in [4.69, 9.17) is 9.72 Å². The fourth-order valence-electron chi connectivity index (χ4n) is 3.68. The van der Waals surface area contributed by atoms with Gasteiger partial charge in [0.25, 0.3) is 6.43 Å². The van der Waals surface area contributed by atoms with Crippen LogP contribution in [0.3, 0.4) is 0 Å². The molecule has 0 aliphatic heterocycles. The molecule has 0 N–H and O–H groups in total. The third-order valence-corrected chi connectivity index (χ3v) is 5.33. The normalized spacial score (nSPS) is 13.9. The summed E-state index contributed by atoms with van der Waals surface area (Å²) in [5.41, 5.74) is 2.53. The summed E-state index contributed by atoms with van der Waals surface area (Å²) in [5.74, 6) is 0.380. The van der Waals surface area contributed by atoms with Crippen molar-refractivity contribution in [2.45, 2.75) is 25.2 Å². The Morgan fingerprint density at radius 3 is 2.50 bits per heavy atom. The van der Waals surface area contributed by atoms with Gasteiger partial charge in [0.1, 0.15) is 11.6 Å². The van der Waals surface area contributed by atoms with Gasteiger partial charge in [0, 0.05) is 17.0 Å². The van der Waals surface area contributed by atoms with E-state index in [1.807, 2.05) is 0 Å². The number of fused-ring (bicyclic) bond motifs is 1. The number of methoxy groups -OCH3 is 1. The molecule has 0 atom stereocenters. The fourth-order valence-corrected chi connectivity index (χ4v) is 3.68. The van der Waals surface area contributed by atoms with E-state index >= 15 is 0 Å². The Morgan fingerprint density at radius 1 is 1.07 bits per heavy atom. The Labute approximate surface area is 170 Å². The van der Waals surface area contributed by atoms with Crippen LogP contribution in [-0.4, -0.2) is 21.9 Å². The number of alkyl halides is 2. The third-order valence-electron chi connectivity index (χ3n) is 5.33. The first-order valence-electron chi connectivity index (χ1n) is 9.67. The fraction of sp³-hybridized carbons (Fsp3) is 0.217. The highest BCUT2D eigenvalue weighted by Gasteiger charge is 2.33. The Hall–Kier alpha value is -3.35. The van der Waals surface area contributed by atoms with Crippen LogP contribution in [0.2, 0.25) is 0 Å². The molecule has 2 aromatic carbocycles. The van der Waals surface area contributed by atoms with Gasteiger partial charge in [-0.25, -0.2) is 22.8 Å². The molecule has 0 bridgehead atoms. The van der Waals surface area contributed by atoms with Crippen molar-refractivity contribution in [1.82, 2.24) is 14.8 Å². The van der Waals surface area contributed by atoms with Gasteiger partial charge in [-0.15, -0.1) is 0 Å². The van der Waals surface area contributed by atoms with E-state index < -0.39 is 6.43 Å². The molecule has 1 aliphatic rings. The molecule has 30 heavy (non-hydrogen) atoms. The van der Waals surface area contributed by atoms with E-state index in [9.17, 15) is 13.2 Å². The summed E-state index contributed by atoms with van der Waals surface area (Å²) < 4.78 is 48.5. The van der Waals surface area contributed by atoms with Gasteiger partial charge in [-0.05, 0) is 55.3 Å². The van der Waals surface area contributed by atoms with E-state index in [1.165, 1.54) is 22.9 Å². The van der Waals surface area contributed by atoms with Crippen LogP contribution in [0.1, 0.15) is 36.4 Å². The monoisotopic (exact) mass is 409 g/mol. The molecule has 7 heteroatoms. The maximum atomic E-state index is 14.1. The predicted octanol–water partition coefficient (Wildman–Crippen LogP) is 6.05. The molecule has 1 saturated carbocycles. The Morgan fingerprint density at radius 2 is 1.83 bits per heavy atom. The van der Waals surface area contributed by atoms with E-state index in [1.54, 1.807) is 43.5 Å². The number of hydrogen-bond acceptors (Lipinski definition) is 3. The van der Waals surface area contributed by atoms with Gasteiger partial charge in [-0.2, -0.15) is 5.10 Å². The lowest BCUT2D eigenvalue weighted by Crippen LogP contribution is -2.00. The zero-order chi connectivity index (χ0) is 20.8. The lowest BCUT2D eigenvalue weighted by molar-refractivity contribution is 0.153. The summed E-state index contributed by atoms with van der Waals surface area (Å²) in [7, 11) is 1.55. The van der Waals surface area contributed by atoms with Crippen molar-refractivity contribution < 1.29 is 17.9 Å². The van der Waals surface area contributed by atoms with Crippen LogP contribution in [0.25, 0.3) is 28.0 Å². The van der Waals surface area contributed by atoms with Crippen molar-refractivity contribution in [3.63, 3.8) is 0 Å². The van der Waals surface area contributed by atoms with Crippen LogP contribution >= 0.6 is 0 Å². The summed E-state index contributed by atoms with van der Waals surface area (Å²) in [6.07, 6.45) is -0.852. The molecule has 2 heterocycles. The molecule has 0 radical (unpaired) electrons. The van der Waals surface area contributed by atoms with Crippen molar-refractivity contribution >= 4 is 11.0 Å². The van der Waals surface area contributed by atoms with Crippen LogP contribution in [-0.2, 0) is 0 Å². The first kappa shape index (κ1) is 18.7. The van der Waals surface area contributed by atoms with Crippen LogP contribution < -0.4 is 4.74 Å². The Balaban J connectivity index is 1.80. The third kappa shape index (κ3) is 3.20. The molecule has 1 fully saturated rings. The van der Waals surface area contributed by atoms with E-state index in [-0.39, 0.29) is 17.3 Å². The van der Waals surface area contributed by atoms with Crippen LogP contribution in [0, 0.1) is 5.82 Å². The maximum Gasteiger partial charge on any atom is 0.264 e. The standard InChI is InChI=1S/C23H18F3N3O/c1-30-17-4-2-3-14(11-17)19-12-18(22(25)26)20-21(13-5-6-13)28-29(23(20)27-19)16-9-7-15(24)8-10-16/h2-4,7-13,22H,5-6H2,1H3. The van der Waals surface area contributed by atoms with Gasteiger partial charge < -0.3 is 4.74 Å².